The summed E-state index contributed by atoms with van der Waals surface area (Å²) in [5.41, 5.74) is 5.96. The molecule has 0 aliphatic rings. The molecule has 7 heteroatoms. The number of hydrogen-bond donors (Lipinski definition) is 1. The average molecular weight is 418 g/mol. The van der Waals surface area contributed by atoms with Crippen LogP contribution in [-0.4, -0.2) is 19.2 Å². The van der Waals surface area contributed by atoms with Crippen LogP contribution in [0.15, 0.2) is 72.5 Å². The van der Waals surface area contributed by atoms with Crippen molar-refractivity contribution in [3.05, 3.63) is 95.1 Å². The smallest absolute Gasteiger partial charge is 0.193 e. The van der Waals surface area contributed by atoms with Crippen molar-refractivity contribution in [3.8, 4) is 16.9 Å². The summed E-state index contributed by atoms with van der Waals surface area (Å²) in [5, 5.41) is 10.3. The second kappa shape index (κ2) is 7.85. The molecular formula is C23H20FN5S. The Morgan fingerprint density at radius 1 is 1.00 bits per heavy atom. The molecule has 5 aromatic rings. The minimum absolute atomic E-state index is 0.254. The Morgan fingerprint density at radius 2 is 1.80 bits per heavy atom. The molecule has 3 heterocycles. The molecule has 0 amide bonds. The SMILES string of the molecule is Cc1ccc(-n2cc(CNCc3cn4ccsc4n3)c(-c3ccc(F)cc3)n2)cc1. The summed E-state index contributed by atoms with van der Waals surface area (Å²) >= 11 is 1.62. The molecule has 3 aromatic heterocycles. The highest BCUT2D eigenvalue weighted by molar-refractivity contribution is 7.15. The van der Waals surface area contributed by atoms with E-state index < -0.39 is 0 Å². The first-order valence-electron chi connectivity index (χ1n) is 9.69. The molecule has 2 aromatic carbocycles. The monoisotopic (exact) mass is 417 g/mol. The lowest BCUT2D eigenvalue weighted by Gasteiger charge is -2.04. The second-order valence-electron chi connectivity index (χ2n) is 7.22. The summed E-state index contributed by atoms with van der Waals surface area (Å²) in [5.74, 6) is -0.254. The maximum absolute atomic E-state index is 13.4. The first kappa shape index (κ1) is 18.7. The molecule has 0 atom stereocenters. The third-order valence-electron chi connectivity index (χ3n) is 4.97. The fraction of sp³-hybridized carbons (Fsp3) is 0.130. The molecule has 0 radical (unpaired) electrons. The Labute approximate surface area is 177 Å². The number of fused-ring (bicyclic) bond motifs is 1. The number of aryl methyl sites for hydroxylation is 1. The minimum atomic E-state index is -0.254. The van der Waals surface area contributed by atoms with Crippen molar-refractivity contribution >= 4 is 16.3 Å². The van der Waals surface area contributed by atoms with Crippen LogP contribution in [0.5, 0.6) is 0 Å². The normalized spacial score (nSPS) is 11.4. The van der Waals surface area contributed by atoms with E-state index in [0.29, 0.717) is 13.1 Å². The standard InChI is InChI=1S/C23H20FN5S/c1-16-2-8-21(9-3-16)29-14-18(22(27-29)17-4-6-19(24)7-5-17)12-25-13-20-15-28-10-11-30-23(28)26-20/h2-11,14-15,25H,12-13H2,1H3. The minimum Gasteiger partial charge on any atom is -0.307 e. The molecule has 0 spiro atoms. The van der Waals surface area contributed by atoms with E-state index in [1.165, 1.54) is 17.7 Å². The fourth-order valence-electron chi connectivity index (χ4n) is 3.41. The van der Waals surface area contributed by atoms with Gasteiger partial charge in [-0.3, -0.25) is 4.40 Å². The van der Waals surface area contributed by atoms with Gasteiger partial charge in [0, 0.05) is 48.2 Å². The largest absolute Gasteiger partial charge is 0.307 e. The number of nitrogens with zero attached hydrogens (tertiary/aromatic N) is 4. The maximum atomic E-state index is 13.4. The summed E-state index contributed by atoms with van der Waals surface area (Å²) < 4.78 is 17.3. The molecule has 0 aliphatic carbocycles. The van der Waals surface area contributed by atoms with E-state index in [4.69, 9.17) is 5.10 Å². The summed E-state index contributed by atoms with van der Waals surface area (Å²) in [4.78, 5) is 5.60. The van der Waals surface area contributed by atoms with Gasteiger partial charge in [-0.2, -0.15) is 5.10 Å². The average Bonchev–Trinajstić information content (AvgIpc) is 3.44. The molecule has 30 heavy (non-hydrogen) atoms. The number of hydrogen-bond acceptors (Lipinski definition) is 4. The lowest BCUT2D eigenvalue weighted by Crippen LogP contribution is -2.13. The van der Waals surface area contributed by atoms with Crippen LogP contribution in [0, 0.1) is 12.7 Å². The summed E-state index contributed by atoms with van der Waals surface area (Å²) in [6.45, 7) is 3.35. The zero-order valence-corrected chi connectivity index (χ0v) is 17.2. The van der Waals surface area contributed by atoms with Gasteiger partial charge in [-0.15, -0.1) is 11.3 Å². The molecule has 1 N–H and O–H groups in total. The highest BCUT2D eigenvalue weighted by Gasteiger charge is 2.13. The Kier molecular flexibility index (Phi) is 4.90. The molecule has 5 nitrogen and oxygen atoms in total. The highest BCUT2D eigenvalue weighted by Crippen LogP contribution is 2.24. The molecular weight excluding hydrogens is 397 g/mol. The van der Waals surface area contributed by atoms with E-state index in [1.807, 2.05) is 45.2 Å². The van der Waals surface area contributed by atoms with E-state index in [9.17, 15) is 4.39 Å². The van der Waals surface area contributed by atoms with E-state index in [-0.39, 0.29) is 5.82 Å². The van der Waals surface area contributed by atoms with Gasteiger partial charge in [0.1, 0.15) is 5.82 Å². The van der Waals surface area contributed by atoms with Crippen LogP contribution in [0.2, 0.25) is 0 Å². The predicted molar refractivity (Wildman–Crippen MR) is 117 cm³/mol. The number of thiazole rings is 1. The Morgan fingerprint density at radius 3 is 2.57 bits per heavy atom. The molecule has 0 unspecified atom stereocenters. The number of nitrogens with one attached hydrogen (secondary N) is 1. The van der Waals surface area contributed by atoms with Crippen LogP contribution in [-0.2, 0) is 13.1 Å². The van der Waals surface area contributed by atoms with Crippen LogP contribution < -0.4 is 5.32 Å². The molecule has 0 fully saturated rings. The van der Waals surface area contributed by atoms with Crippen molar-refractivity contribution in [2.75, 3.05) is 0 Å². The molecule has 0 saturated heterocycles. The number of imidazole rings is 1. The molecule has 0 saturated carbocycles. The van der Waals surface area contributed by atoms with Gasteiger partial charge in [0.15, 0.2) is 4.96 Å². The summed E-state index contributed by atoms with van der Waals surface area (Å²) in [6.07, 6.45) is 6.08. The van der Waals surface area contributed by atoms with Crippen molar-refractivity contribution < 1.29 is 4.39 Å². The van der Waals surface area contributed by atoms with Crippen LogP contribution >= 0.6 is 11.3 Å². The van der Waals surface area contributed by atoms with Crippen molar-refractivity contribution in [1.29, 1.82) is 0 Å². The van der Waals surface area contributed by atoms with Gasteiger partial charge in [-0.25, -0.2) is 14.1 Å². The number of aromatic nitrogens is 4. The van der Waals surface area contributed by atoms with E-state index in [2.05, 4.69) is 29.4 Å². The third-order valence-corrected chi connectivity index (χ3v) is 5.74. The fourth-order valence-corrected chi connectivity index (χ4v) is 4.13. The molecule has 150 valence electrons. The Balaban J connectivity index is 1.41. The van der Waals surface area contributed by atoms with Gasteiger partial charge in [0.25, 0.3) is 0 Å². The molecule has 0 bridgehead atoms. The predicted octanol–water partition coefficient (Wildman–Crippen LogP) is 4.99. The zero-order chi connectivity index (χ0) is 20.5. The quantitative estimate of drug-likeness (QED) is 0.424. The first-order valence-corrected chi connectivity index (χ1v) is 10.6. The van der Waals surface area contributed by atoms with Crippen molar-refractivity contribution in [2.24, 2.45) is 0 Å². The Hall–Kier alpha value is -3.29. The lowest BCUT2D eigenvalue weighted by molar-refractivity contribution is 0.628. The topological polar surface area (TPSA) is 47.2 Å². The van der Waals surface area contributed by atoms with Crippen LogP contribution in [0.3, 0.4) is 0 Å². The van der Waals surface area contributed by atoms with Gasteiger partial charge >= 0.3 is 0 Å². The third kappa shape index (κ3) is 3.77. The van der Waals surface area contributed by atoms with Crippen molar-refractivity contribution in [2.45, 2.75) is 20.0 Å². The molecule has 0 aliphatic heterocycles. The van der Waals surface area contributed by atoms with Gasteiger partial charge in [-0.05, 0) is 43.3 Å². The first-order chi connectivity index (χ1) is 14.7. The number of halogens is 1. The number of benzene rings is 2. The van der Waals surface area contributed by atoms with Gasteiger partial charge < -0.3 is 5.32 Å². The summed E-state index contributed by atoms with van der Waals surface area (Å²) in [7, 11) is 0. The lowest BCUT2D eigenvalue weighted by atomic mass is 10.1. The van der Waals surface area contributed by atoms with Gasteiger partial charge in [0.2, 0.25) is 0 Å². The van der Waals surface area contributed by atoms with Crippen LogP contribution in [0.4, 0.5) is 4.39 Å². The zero-order valence-electron chi connectivity index (χ0n) is 16.4. The van der Waals surface area contributed by atoms with Crippen molar-refractivity contribution in [1.82, 2.24) is 24.5 Å². The molecule has 5 rings (SSSR count). The van der Waals surface area contributed by atoms with Crippen molar-refractivity contribution in [3.63, 3.8) is 0 Å². The summed E-state index contributed by atoms with van der Waals surface area (Å²) in [6, 6.07) is 14.7. The van der Waals surface area contributed by atoms with E-state index in [1.54, 1.807) is 23.5 Å². The van der Waals surface area contributed by atoms with E-state index >= 15 is 0 Å². The Bertz CT molecular complexity index is 1250. The maximum Gasteiger partial charge on any atom is 0.193 e. The highest BCUT2D eigenvalue weighted by atomic mass is 32.1. The van der Waals surface area contributed by atoms with E-state index in [0.717, 1.165) is 33.2 Å². The van der Waals surface area contributed by atoms with Crippen LogP contribution in [0.1, 0.15) is 16.8 Å². The van der Waals surface area contributed by atoms with Crippen LogP contribution in [0.25, 0.3) is 21.9 Å². The van der Waals surface area contributed by atoms with Gasteiger partial charge in [-0.1, -0.05) is 17.7 Å². The van der Waals surface area contributed by atoms with Gasteiger partial charge in [0.05, 0.1) is 17.1 Å². The second-order valence-corrected chi connectivity index (χ2v) is 8.09. The number of rotatable bonds is 6.